The number of hydrogen-bond donors (Lipinski definition) is 4. The van der Waals surface area contributed by atoms with Gasteiger partial charge in [-0.25, -0.2) is 21.6 Å². The van der Waals surface area contributed by atoms with Gasteiger partial charge in [0.2, 0.25) is 15.9 Å². The quantitative estimate of drug-likeness (QED) is 0.195. The highest BCUT2D eigenvalue weighted by Gasteiger charge is 2.32. The Morgan fingerprint density at radius 2 is 1.63 bits per heavy atom. The van der Waals surface area contributed by atoms with E-state index in [-0.39, 0.29) is 25.3 Å². The molecule has 2 unspecified atom stereocenters. The van der Waals surface area contributed by atoms with Gasteiger partial charge in [0.25, 0.3) is 0 Å². The van der Waals surface area contributed by atoms with Crippen LogP contribution in [0, 0.1) is 0 Å². The summed E-state index contributed by atoms with van der Waals surface area (Å²) < 4.78 is 65.3. The van der Waals surface area contributed by atoms with Crippen LogP contribution in [0.2, 0.25) is 0 Å². The zero-order valence-electron chi connectivity index (χ0n) is 24.2. The van der Waals surface area contributed by atoms with Crippen molar-refractivity contribution < 1.29 is 35.9 Å². The van der Waals surface area contributed by atoms with Gasteiger partial charge in [0, 0.05) is 24.8 Å². The SMILES string of the molecule is COc1ccc(NS(=O)(=O)CC(CCCCN)NC(=O)C(CS(=O)(=O)Cc2ccccc2)NC(=O)N2CCOCC2)cc1. The lowest BCUT2D eigenvalue weighted by Crippen LogP contribution is -2.57. The molecule has 0 aromatic heterocycles. The highest BCUT2D eigenvalue weighted by molar-refractivity contribution is 7.92. The van der Waals surface area contributed by atoms with E-state index in [1.165, 1.54) is 12.0 Å². The molecule has 2 atom stereocenters. The Morgan fingerprint density at radius 1 is 0.953 bits per heavy atom. The molecule has 0 saturated carbocycles. The van der Waals surface area contributed by atoms with Crippen molar-refractivity contribution in [3.8, 4) is 5.75 Å². The van der Waals surface area contributed by atoms with Crippen molar-refractivity contribution >= 4 is 37.5 Å². The van der Waals surface area contributed by atoms with Gasteiger partial charge in [-0.05, 0) is 49.2 Å². The maximum absolute atomic E-state index is 13.6. The van der Waals surface area contributed by atoms with Gasteiger partial charge in [-0.2, -0.15) is 0 Å². The fourth-order valence-corrected chi connectivity index (χ4v) is 7.43. The number of benzene rings is 2. The van der Waals surface area contributed by atoms with Crippen LogP contribution in [-0.4, -0.2) is 97.2 Å². The molecule has 2 aromatic carbocycles. The first-order valence-electron chi connectivity index (χ1n) is 14.0. The van der Waals surface area contributed by atoms with Crippen LogP contribution in [0.4, 0.5) is 10.5 Å². The number of nitrogens with zero attached hydrogens (tertiary/aromatic N) is 1. The van der Waals surface area contributed by atoms with Gasteiger partial charge in [0.1, 0.15) is 11.8 Å². The number of hydrogen-bond acceptors (Lipinski definition) is 9. The Morgan fingerprint density at radius 3 is 2.26 bits per heavy atom. The van der Waals surface area contributed by atoms with Crippen LogP contribution >= 0.6 is 0 Å². The van der Waals surface area contributed by atoms with Crippen LogP contribution in [0.15, 0.2) is 54.6 Å². The topological polar surface area (TPSA) is 186 Å². The minimum Gasteiger partial charge on any atom is -0.497 e. The maximum atomic E-state index is 13.6. The van der Waals surface area contributed by atoms with E-state index >= 15 is 0 Å². The molecule has 0 aliphatic carbocycles. The standard InChI is InChI=1S/C28H41N5O8S2/c1-40-25-12-10-23(11-13-25)32-43(38,39)20-24(9-5-6-14-29)30-27(34)26(31-28(35)33-15-17-41-18-16-33)21-42(36,37)19-22-7-3-2-4-8-22/h2-4,7-8,10-13,24,26,32H,5-6,9,14-21,29H2,1H3,(H,30,34)(H,31,35). The second-order valence-corrected chi connectivity index (χ2v) is 14.1. The Labute approximate surface area is 253 Å². The number of carbonyl (C=O) groups excluding carboxylic acids is 2. The summed E-state index contributed by atoms with van der Waals surface area (Å²) in [6.45, 7) is 1.59. The van der Waals surface area contributed by atoms with Crippen molar-refractivity contribution in [2.75, 3.05) is 56.2 Å². The first kappa shape index (κ1) is 34.1. The lowest BCUT2D eigenvalue weighted by atomic mass is 10.1. The molecule has 2 aromatic rings. The minimum atomic E-state index is -3.94. The van der Waals surface area contributed by atoms with E-state index in [4.69, 9.17) is 15.2 Å². The molecule has 5 N–H and O–H groups in total. The zero-order valence-corrected chi connectivity index (χ0v) is 25.9. The molecule has 1 heterocycles. The predicted molar refractivity (Wildman–Crippen MR) is 164 cm³/mol. The largest absolute Gasteiger partial charge is 0.497 e. The smallest absolute Gasteiger partial charge is 0.318 e. The van der Waals surface area contributed by atoms with Gasteiger partial charge in [-0.15, -0.1) is 0 Å². The van der Waals surface area contributed by atoms with E-state index in [0.717, 1.165) is 0 Å². The van der Waals surface area contributed by atoms with Crippen LogP contribution in [0.25, 0.3) is 0 Å². The number of amides is 3. The van der Waals surface area contributed by atoms with Crippen molar-refractivity contribution in [2.24, 2.45) is 5.73 Å². The molecular formula is C28H41N5O8S2. The van der Waals surface area contributed by atoms with Gasteiger partial charge in [-0.1, -0.05) is 36.8 Å². The van der Waals surface area contributed by atoms with Crippen molar-refractivity contribution in [2.45, 2.75) is 37.1 Å². The van der Waals surface area contributed by atoms with Crippen LogP contribution < -0.4 is 25.8 Å². The molecule has 3 rings (SSSR count). The van der Waals surface area contributed by atoms with Crippen molar-refractivity contribution in [1.82, 2.24) is 15.5 Å². The number of sulfonamides is 1. The van der Waals surface area contributed by atoms with E-state index in [1.54, 1.807) is 54.6 Å². The summed E-state index contributed by atoms with van der Waals surface area (Å²) in [5.41, 5.74) is 6.47. The van der Waals surface area contributed by atoms with Gasteiger partial charge < -0.3 is 30.7 Å². The summed E-state index contributed by atoms with van der Waals surface area (Å²) in [7, 11) is -6.31. The summed E-state index contributed by atoms with van der Waals surface area (Å²) >= 11 is 0. The molecule has 1 fully saturated rings. The number of methoxy groups -OCH3 is 1. The average Bonchev–Trinajstić information content (AvgIpc) is 2.97. The zero-order chi connectivity index (χ0) is 31.3. The summed E-state index contributed by atoms with van der Waals surface area (Å²) in [5.74, 6) is -1.71. The molecule has 1 aliphatic heterocycles. The van der Waals surface area contributed by atoms with Crippen molar-refractivity contribution in [3.05, 3.63) is 60.2 Å². The molecular weight excluding hydrogens is 598 g/mol. The molecule has 238 valence electrons. The highest BCUT2D eigenvalue weighted by atomic mass is 32.2. The molecule has 43 heavy (non-hydrogen) atoms. The number of ether oxygens (including phenoxy) is 2. The van der Waals surface area contributed by atoms with Gasteiger partial charge >= 0.3 is 6.03 Å². The summed E-state index contributed by atoms with van der Waals surface area (Å²) in [6.07, 6.45) is 1.39. The van der Waals surface area contributed by atoms with E-state index in [2.05, 4.69) is 15.4 Å². The monoisotopic (exact) mass is 639 g/mol. The first-order valence-corrected chi connectivity index (χ1v) is 17.5. The van der Waals surface area contributed by atoms with Crippen molar-refractivity contribution in [3.63, 3.8) is 0 Å². The number of nitrogens with one attached hydrogen (secondary N) is 3. The number of unbranched alkanes of at least 4 members (excludes halogenated alkanes) is 1. The third kappa shape index (κ3) is 12.0. The summed E-state index contributed by atoms with van der Waals surface area (Å²) in [5, 5.41) is 5.25. The Balaban J connectivity index is 1.77. The third-order valence-electron chi connectivity index (χ3n) is 6.70. The molecule has 3 amide bonds. The second kappa shape index (κ2) is 16.4. The fourth-order valence-electron chi connectivity index (χ4n) is 4.51. The predicted octanol–water partition coefficient (Wildman–Crippen LogP) is 1.08. The number of morpholine rings is 1. The van der Waals surface area contributed by atoms with Crippen LogP contribution in [0.5, 0.6) is 5.75 Å². The number of nitrogens with two attached hydrogens (primary N) is 1. The van der Waals surface area contributed by atoms with E-state index in [1.807, 2.05) is 0 Å². The van der Waals surface area contributed by atoms with Crippen LogP contribution in [-0.2, 0) is 35.1 Å². The molecule has 0 spiro atoms. The maximum Gasteiger partial charge on any atom is 0.318 e. The molecule has 1 saturated heterocycles. The van der Waals surface area contributed by atoms with Gasteiger partial charge in [0.05, 0.1) is 37.6 Å². The number of anilines is 1. The van der Waals surface area contributed by atoms with E-state index < -0.39 is 55.4 Å². The summed E-state index contributed by atoms with van der Waals surface area (Å²) in [6, 6.07) is 11.9. The lowest BCUT2D eigenvalue weighted by molar-refractivity contribution is -0.123. The Hall–Kier alpha value is -3.40. The molecule has 13 nitrogen and oxygen atoms in total. The Kier molecular flexibility index (Phi) is 13.0. The Bertz CT molecular complexity index is 1380. The van der Waals surface area contributed by atoms with Crippen LogP contribution in [0.3, 0.4) is 0 Å². The van der Waals surface area contributed by atoms with Gasteiger partial charge in [-0.3, -0.25) is 9.52 Å². The number of carbonyl (C=O) groups is 2. The molecule has 15 heteroatoms. The number of urea groups is 1. The molecule has 0 radical (unpaired) electrons. The van der Waals surface area contributed by atoms with Crippen molar-refractivity contribution in [1.29, 1.82) is 0 Å². The third-order valence-corrected chi connectivity index (χ3v) is 9.70. The second-order valence-electron chi connectivity index (χ2n) is 10.2. The molecule has 1 aliphatic rings. The molecule has 0 bridgehead atoms. The lowest BCUT2D eigenvalue weighted by Gasteiger charge is -2.29. The minimum absolute atomic E-state index is 0.271. The normalized spacial score (nSPS) is 15.3. The summed E-state index contributed by atoms with van der Waals surface area (Å²) in [4.78, 5) is 28.0. The average molecular weight is 640 g/mol. The van der Waals surface area contributed by atoms with E-state index in [0.29, 0.717) is 49.6 Å². The highest BCUT2D eigenvalue weighted by Crippen LogP contribution is 2.17. The van der Waals surface area contributed by atoms with Crippen LogP contribution in [0.1, 0.15) is 24.8 Å². The number of rotatable bonds is 16. The number of sulfone groups is 1. The fraction of sp³-hybridized carbons (Fsp3) is 0.500. The van der Waals surface area contributed by atoms with E-state index in [9.17, 15) is 26.4 Å². The first-order chi connectivity index (χ1) is 20.5. The van der Waals surface area contributed by atoms with Gasteiger partial charge in [0.15, 0.2) is 9.84 Å².